The minimum atomic E-state index is -0.633. The molecule has 1 heterocycles. The van der Waals surface area contributed by atoms with Crippen LogP contribution in [-0.4, -0.2) is 36.7 Å². The summed E-state index contributed by atoms with van der Waals surface area (Å²) in [6.07, 6.45) is 0.241. The number of hydrogen-bond donors (Lipinski definition) is 0. The first-order valence-corrected chi connectivity index (χ1v) is 6.60. The molecular formula is C14H18O6. The number of ether oxygens (including phenoxy) is 3. The molecule has 1 saturated heterocycles. The minimum Gasteiger partial charge on any atom is -0.458 e. The van der Waals surface area contributed by atoms with Gasteiger partial charge in [0.25, 0.3) is 0 Å². The molecule has 0 aromatic heterocycles. The molecule has 2 bridgehead atoms. The summed E-state index contributed by atoms with van der Waals surface area (Å²) in [7, 11) is 0. The zero-order valence-corrected chi connectivity index (χ0v) is 11.6. The molecular weight excluding hydrogens is 264 g/mol. The summed E-state index contributed by atoms with van der Waals surface area (Å²) in [6, 6.07) is 0. The molecule has 0 radical (unpaired) electrons. The largest absolute Gasteiger partial charge is 0.458 e. The van der Waals surface area contributed by atoms with Gasteiger partial charge >= 0.3 is 17.9 Å². The summed E-state index contributed by atoms with van der Waals surface area (Å²) in [4.78, 5) is 34.2. The highest BCUT2D eigenvalue weighted by atomic mass is 16.6. The Balaban J connectivity index is 1.87. The zero-order chi connectivity index (χ0) is 14.9. The van der Waals surface area contributed by atoms with E-state index < -0.39 is 24.6 Å². The second-order valence-electron chi connectivity index (χ2n) is 5.44. The molecule has 2 fully saturated rings. The highest BCUT2D eigenvalue weighted by Gasteiger charge is 2.50. The Kier molecular flexibility index (Phi) is 4.11. The first kappa shape index (κ1) is 14.6. The third-order valence-corrected chi connectivity index (χ3v) is 3.66. The molecule has 1 aliphatic heterocycles. The van der Waals surface area contributed by atoms with E-state index in [9.17, 15) is 14.4 Å². The summed E-state index contributed by atoms with van der Waals surface area (Å²) in [5, 5.41) is 0. The van der Waals surface area contributed by atoms with Gasteiger partial charge < -0.3 is 14.2 Å². The zero-order valence-electron chi connectivity index (χ0n) is 11.6. The molecule has 0 amide bonds. The van der Waals surface area contributed by atoms with E-state index in [1.807, 2.05) is 6.92 Å². The summed E-state index contributed by atoms with van der Waals surface area (Å²) < 4.78 is 15.3. The summed E-state index contributed by atoms with van der Waals surface area (Å²) >= 11 is 0. The normalized spacial score (nSPS) is 31.4. The van der Waals surface area contributed by atoms with Crippen molar-refractivity contribution in [1.29, 1.82) is 0 Å². The van der Waals surface area contributed by atoms with Gasteiger partial charge in [-0.25, -0.2) is 9.59 Å². The van der Waals surface area contributed by atoms with Gasteiger partial charge in [0.1, 0.15) is 12.2 Å². The van der Waals surface area contributed by atoms with Gasteiger partial charge in [-0.1, -0.05) is 13.5 Å². The van der Waals surface area contributed by atoms with Gasteiger partial charge in [-0.15, -0.1) is 0 Å². The van der Waals surface area contributed by atoms with Crippen molar-refractivity contribution >= 4 is 17.9 Å². The Morgan fingerprint density at radius 3 is 2.75 bits per heavy atom. The van der Waals surface area contributed by atoms with Crippen LogP contribution in [0.2, 0.25) is 0 Å². The second-order valence-corrected chi connectivity index (χ2v) is 5.44. The second kappa shape index (κ2) is 5.64. The Labute approximate surface area is 117 Å². The Bertz CT molecular complexity index is 455. The van der Waals surface area contributed by atoms with Crippen molar-refractivity contribution in [1.82, 2.24) is 0 Å². The molecule has 110 valence electrons. The third-order valence-electron chi connectivity index (χ3n) is 3.66. The molecule has 20 heavy (non-hydrogen) atoms. The van der Waals surface area contributed by atoms with Crippen molar-refractivity contribution in [3.05, 3.63) is 12.2 Å². The van der Waals surface area contributed by atoms with Crippen molar-refractivity contribution in [3.8, 4) is 0 Å². The molecule has 4 atom stereocenters. The maximum absolute atomic E-state index is 11.7. The molecule has 4 unspecified atom stereocenters. The molecule has 0 aromatic carbocycles. The van der Waals surface area contributed by atoms with Crippen LogP contribution in [0.25, 0.3) is 0 Å². The van der Waals surface area contributed by atoms with E-state index in [2.05, 4.69) is 6.58 Å². The van der Waals surface area contributed by atoms with E-state index in [4.69, 9.17) is 14.2 Å². The lowest BCUT2D eigenvalue weighted by Crippen LogP contribution is -2.42. The van der Waals surface area contributed by atoms with E-state index in [0.29, 0.717) is 0 Å². The van der Waals surface area contributed by atoms with Crippen LogP contribution in [0.15, 0.2) is 12.2 Å². The first-order chi connectivity index (χ1) is 9.38. The maximum atomic E-state index is 11.7. The number of esters is 3. The SMILES string of the molecule is C=C(C)C(=O)OCC(=O)OC1C2CC(=O)OC1C(C)C2. The summed E-state index contributed by atoms with van der Waals surface area (Å²) in [6.45, 7) is 6.42. The van der Waals surface area contributed by atoms with Gasteiger partial charge in [0.2, 0.25) is 0 Å². The van der Waals surface area contributed by atoms with Crippen LogP contribution in [-0.2, 0) is 28.6 Å². The fourth-order valence-corrected chi connectivity index (χ4v) is 2.73. The monoisotopic (exact) mass is 282 g/mol. The highest BCUT2D eigenvalue weighted by Crippen LogP contribution is 2.41. The first-order valence-electron chi connectivity index (χ1n) is 6.60. The van der Waals surface area contributed by atoms with Crippen molar-refractivity contribution < 1.29 is 28.6 Å². The minimum absolute atomic E-state index is 0.00274. The fourth-order valence-electron chi connectivity index (χ4n) is 2.73. The van der Waals surface area contributed by atoms with Crippen molar-refractivity contribution in [2.75, 3.05) is 6.61 Å². The number of hydrogen-bond acceptors (Lipinski definition) is 6. The molecule has 0 aromatic rings. The number of fused-ring (bicyclic) bond motifs is 2. The Hall–Kier alpha value is -1.85. The molecule has 0 spiro atoms. The van der Waals surface area contributed by atoms with Gasteiger partial charge in [-0.2, -0.15) is 0 Å². The molecule has 6 heteroatoms. The topological polar surface area (TPSA) is 78.9 Å². The van der Waals surface area contributed by atoms with Gasteiger partial charge in [-0.05, 0) is 19.3 Å². The van der Waals surface area contributed by atoms with E-state index >= 15 is 0 Å². The lowest BCUT2D eigenvalue weighted by atomic mass is 9.99. The lowest BCUT2D eigenvalue weighted by Gasteiger charge is -2.29. The van der Waals surface area contributed by atoms with E-state index in [-0.39, 0.29) is 35.9 Å². The Morgan fingerprint density at radius 1 is 1.45 bits per heavy atom. The van der Waals surface area contributed by atoms with Crippen molar-refractivity contribution in [2.24, 2.45) is 11.8 Å². The standard InChI is InChI=1S/C14H18O6/c1-7(2)14(17)18-6-11(16)20-13-9-4-8(3)12(13)19-10(15)5-9/h8-9,12-13H,1,4-6H2,2-3H3. The number of rotatable bonds is 4. The predicted molar refractivity (Wildman–Crippen MR) is 67.4 cm³/mol. The van der Waals surface area contributed by atoms with Crippen LogP contribution in [0.4, 0.5) is 0 Å². The van der Waals surface area contributed by atoms with E-state index in [1.165, 1.54) is 6.92 Å². The molecule has 1 saturated carbocycles. The average molecular weight is 282 g/mol. The summed E-state index contributed by atoms with van der Waals surface area (Å²) in [5.74, 6) is -1.34. The van der Waals surface area contributed by atoms with Crippen LogP contribution >= 0.6 is 0 Å². The van der Waals surface area contributed by atoms with Crippen LogP contribution < -0.4 is 0 Å². The van der Waals surface area contributed by atoms with Gasteiger partial charge in [0.05, 0.1) is 6.42 Å². The van der Waals surface area contributed by atoms with Gasteiger partial charge in [-0.3, -0.25) is 4.79 Å². The fraction of sp³-hybridized carbons (Fsp3) is 0.643. The Morgan fingerprint density at radius 2 is 2.15 bits per heavy atom. The highest BCUT2D eigenvalue weighted by molar-refractivity contribution is 5.88. The number of carbonyl (C=O) groups is 3. The molecule has 0 N–H and O–H groups in total. The molecule has 2 rings (SSSR count). The average Bonchev–Trinajstić information content (AvgIpc) is 2.55. The van der Waals surface area contributed by atoms with E-state index in [0.717, 1.165) is 6.42 Å². The maximum Gasteiger partial charge on any atom is 0.344 e. The quantitative estimate of drug-likeness (QED) is 0.434. The van der Waals surface area contributed by atoms with Gasteiger partial charge in [0.15, 0.2) is 6.61 Å². The van der Waals surface area contributed by atoms with Gasteiger partial charge in [0, 0.05) is 11.5 Å². The van der Waals surface area contributed by atoms with E-state index in [1.54, 1.807) is 0 Å². The lowest BCUT2D eigenvalue weighted by molar-refractivity contribution is -0.182. The van der Waals surface area contributed by atoms with Crippen molar-refractivity contribution in [2.45, 2.75) is 38.9 Å². The molecule has 6 nitrogen and oxygen atoms in total. The van der Waals surface area contributed by atoms with Crippen LogP contribution in [0.1, 0.15) is 26.7 Å². The van der Waals surface area contributed by atoms with Crippen LogP contribution in [0.3, 0.4) is 0 Å². The van der Waals surface area contributed by atoms with Crippen LogP contribution in [0.5, 0.6) is 0 Å². The van der Waals surface area contributed by atoms with Crippen molar-refractivity contribution in [3.63, 3.8) is 0 Å². The predicted octanol–water partition coefficient (Wildman–Crippen LogP) is 0.989. The summed E-state index contributed by atoms with van der Waals surface area (Å²) in [5.41, 5.74) is 0.220. The molecule has 1 aliphatic carbocycles. The molecule has 2 aliphatic rings. The number of carbonyl (C=O) groups excluding carboxylic acids is 3. The van der Waals surface area contributed by atoms with Crippen LogP contribution in [0, 0.1) is 11.8 Å². The smallest absolute Gasteiger partial charge is 0.344 e. The third kappa shape index (κ3) is 3.00.